The highest BCUT2D eigenvalue weighted by Gasteiger charge is 2.31. The summed E-state index contributed by atoms with van der Waals surface area (Å²) in [5, 5.41) is 11.8. The first-order valence-corrected chi connectivity index (χ1v) is 11.2. The molecule has 1 N–H and O–H groups in total. The van der Waals surface area contributed by atoms with E-state index in [0.29, 0.717) is 19.0 Å². The van der Waals surface area contributed by atoms with Crippen LogP contribution in [0.4, 0.5) is 10.3 Å². The number of benzene rings is 1. The van der Waals surface area contributed by atoms with Crippen molar-refractivity contribution in [1.82, 2.24) is 35.1 Å². The van der Waals surface area contributed by atoms with Gasteiger partial charge in [-0.3, -0.25) is 9.59 Å². The van der Waals surface area contributed by atoms with Crippen molar-refractivity contribution >= 4 is 34.5 Å². The van der Waals surface area contributed by atoms with E-state index in [1.165, 1.54) is 11.1 Å². The lowest BCUT2D eigenvalue weighted by Gasteiger charge is -2.34. The number of esters is 1. The summed E-state index contributed by atoms with van der Waals surface area (Å²) in [6, 6.07) is 9.40. The van der Waals surface area contributed by atoms with Crippen LogP contribution in [0.25, 0.3) is 16.6 Å². The predicted octanol–water partition coefficient (Wildman–Crippen LogP) is 1.39. The number of para-hydroxylation sites is 1. The van der Waals surface area contributed by atoms with Crippen molar-refractivity contribution in [2.24, 2.45) is 0 Å². The lowest BCUT2D eigenvalue weighted by atomic mass is 10.1. The Balaban J connectivity index is 1.32. The van der Waals surface area contributed by atoms with Crippen LogP contribution in [-0.4, -0.2) is 85.5 Å². The van der Waals surface area contributed by atoms with Crippen LogP contribution in [0.3, 0.4) is 0 Å². The zero-order valence-electron chi connectivity index (χ0n) is 19.2. The van der Waals surface area contributed by atoms with E-state index in [1.54, 1.807) is 11.6 Å². The largest absolute Gasteiger partial charge is 0.461 e. The molecule has 1 aromatic carbocycles. The molecule has 0 saturated carbocycles. The van der Waals surface area contributed by atoms with Gasteiger partial charge in [0.2, 0.25) is 5.95 Å². The van der Waals surface area contributed by atoms with Crippen LogP contribution in [0.1, 0.15) is 27.8 Å². The number of halogens is 1. The van der Waals surface area contributed by atoms with Gasteiger partial charge in [0.05, 0.1) is 35.0 Å². The van der Waals surface area contributed by atoms with Gasteiger partial charge in [0.1, 0.15) is 0 Å². The summed E-state index contributed by atoms with van der Waals surface area (Å²) in [5.41, 5.74) is 0.465. The molecule has 36 heavy (non-hydrogen) atoms. The third-order valence-electron chi connectivity index (χ3n) is 5.87. The van der Waals surface area contributed by atoms with E-state index >= 15 is 0 Å². The second-order valence-corrected chi connectivity index (χ2v) is 7.96. The van der Waals surface area contributed by atoms with Crippen LogP contribution in [0.2, 0.25) is 0 Å². The molecule has 0 bridgehead atoms. The van der Waals surface area contributed by atoms with E-state index in [1.807, 2.05) is 35.2 Å². The standard InChI is InChI=1S/C23H21FN8O4/c1-2-36-22(35)19-18-17(16(24)13-26-19)15(12-25-18)20(33)21(34)30-8-10-31(11-9-30)23-27-28-29-32(23)14-6-4-3-5-7-14/h3-7,12-13,25H,2,8-11H2,1H3. The summed E-state index contributed by atoms with van der Waals surface area (Å²) in [4.78, 5) is 48.1. The molecule has 3 aromatic heterocycles. The third-order valence-corrected chi connectivity index (χ3v) is 5.87. The smallest absolute Gasteiger partial charge is 0.359 e. The number of ether oxygens (including phenoxy) is 1. The van der Waals surface area contributed by atoms with E-state index in [2.05, 4.69) is 25.5 Å². The van der Waals surface area contributed by atoms with Crippen molar-refractivity contribution < 1.29 is 23.5 Å². The highest BCUT2D eigenvalue weighted by molar-refractivity contribution is 6.45. The zero-order chi connectivity index (χ0) is 25.2. The van der Waals surface area contributed by atoms with Crippen LogP contribution >= 0.6 is 0 Å². The van der Waals surface area contributed by atoms with Crippen molar-refractivity contribution in [3.63, 3.8) is 0 Å². The second kappa shape index (κ2) is 9.52. The minimum Gasteiger partial charge on any atom is -0.461 e. The van der Waals surface area contributed by atoms with Crippen molar-refractivity contribution in [3.8, 4) is 5.69 Å². The number of anilines is 1. The summed E-state index contributed by atoms with van der Waals surface area (Å²) in [7, 11) is 0. The number of ketones is 1. The van der Waals surface area contributed by atoms with E-state index in [0.717, 1.165) is 11.9 Å². The fourth-order valence-electron chi connectivity index (χ4n) is 4.13. The number of tetrazole rings is 1. The lowest BCUT2D eigenvalue weighted by Crippen LogP contribution is -2.51. The number of carbonyl (C=O) groups is 3. The molecule has 0 aliphatic carbocycles. The van der Waals surface area contributed by atoms with E-state index in [-0.39, 0.29) is 41.9 Å². The fourth-order valence-corrected chi connectivity index (χ4v) is 4.13. The number of hydrogen-bond donors (Lipinski definition) is 1. The number of fused-ring (bicyclic) bond motifs is 1. The van der Waals surface area contributed by atoms with E-state index in [9.17, 15) is 18.8 Å². The van der Waals surface area contributed by atoms with Gasteiger partial charge in [-0.1, -0.05) is 23.3 Å². The first-order chi connectivity index (χ1) is 17.5. The zero-order valence-corrected chi connectivity index (χ0v) is 19.2. The fraction of sp³-hybridized carbons (Fsp3) is 0.261. The van der Waals surface area contributed by atoms with Gasteiger partial charge in [0, 0.05) is 32.4 Å². The highest BCUT2D eigenvalue weighted by Crippen LogP contribution is 2.25. The van der Waals surface area contributed by atoms with Crippen LogP contribution in [0.15, 0.2) is 42.7 Å². The Labute approximate surface area is 203 Å². The Kier molecular flexibility index (Phi) is 6.10. The molecule has 1 aliphatic rings. The van der Waals surface area contributed by atoms with Crippen molar-refractivity contribution in [1.29, 1.82) is 0 Å². The summed E-state index contributed by atoms with van der Waals surface area (Å²) in [6.45, 7) is 3.01. The lowest BCUT2D eigenvalue weighted by molar-refractivity contribution is -0.126. The molecule has 13 heteroatoms. The number of nitrogens with one attached hydrogen (secondary N) is 1. The Morgan fingerprint density at radius 3 is 2.58 bits per heavy atom. The minimum absolute atomic E-state index is 0.00201. The molecule has 1 saturated heterocycles. The first kappa shape index (κ1) is 23.1. The number of H-pyrrole nitrogens is 1. The van der Waals surface area contributed by atoms with Gasteiger partial charge in [-0.25, -0.2) is 14.2 Å². The van der Waals surface area contributed by atoms with Gasteiger partial charge >= 0.3 is 5.97 Å². The Bertz CT molecular complexity index is 1440. The van der Waals surface area contributed by atoms with Gasteiger partial charge in [-0.15, -0.1) is 0 Å². The van der Waals surface area contributed by atoms with Crippen LogP contribution < -0.4 is 4.90 Å². The number of piperazine rings is 1. The molecule has 4 heterocycles. The van der Waals surface area contributed by atoms with Gasteiger partial charge in [-0.05, 0) is 29.5 Å². The van der Waals surface area contributed by atoms with E-state index in [4.69, 9.17) is 4.74 Å². The monoisotopic (exact) mass is 492 g/mol. The molecule has 184 valence electrons. The van der Waals surface area contributed by atoms with Gasteiger partial charge < -0.3 is 19.5 Å². The minimum atomic E-state index is -0.885. The molecule has 1 aliphatic heterocycles. The topological polar surface area (TPSA) is 139 Å². The van der Waals surface area contributed by atoms with Crippen molar-refractivity contribution in [3.05, 3.63) is 59.8 Å². The average molecular weight is 492 g/mol. The summed E-state index contributed by atoms with van der Waals surface area (Å²) in [6.07, 6.45) is 2.04. The summed E-state index contributed by atoms with van der Waals surface area (Å²) in [5.74, 6) is -2.72. The number of aromatic amines is 1. The quantitative estimate of drug-likeness (QED) is 0.240. The normalized spacial score (nSPS) is 13.7. The second-order valence-electron chi connectivity index (χ2n) is 7.96. The first-order valence-electron chi connectivity index (χ1n) is 11.2. The van der Waals surface area contributed by atoms with Crippen LogP contribution in [-0.2, 0) is 9.53 Å². The maximum absolute atomic E-state index is 14.6. The number of Topliss-reactive ketones (excluding diaryl/α,β-unsaturated/α-hetero) is 1. The van der Waals surface area contributed by atoms with E-state index < -0.39 is 23.5 Å². The number of hydrogen-bond acceptors (Lipinski definition) is 9. The number of pyridine rings is 1. The molecule has 0 spiro atoms. The number of aromatic nitrogens is 6. The maximum atomic E-state index is 14.6. The van der Waals surface area contributed by atoms with Gasteiger partial charge in [-0.2, -0.15) is 4.68 Å². The Morgan fingerprint density at radius 2 is 1.86 bits per heavy atom. The van der Waals surface area contributed by atoms with Crippen LogP contribution in [0.5, 0.6) is 0 Å². The Morgan fingerprint density at radius 1 is 1.11 bits per heavy atom. The summed E-state index contributed by atoms with van der Waals surface area (Å²) < 4.78 is 21.2. The maximum Gasteiger partial charge on any atom is 0.359 e. The SMILES string of the molecule is CCOC(=O)c1ncc(F)c2c(C(=O)C(=O)N3CCN(c4nnnn4-c4ccccc4)CC3)c[nH]c12. The van der Waals surface area contributed by atoms with Gasteiger partial charge in [0.25, 0.3) is 11.7 Å². The average Bonchev–Trinajstić information content (AvgIpc) is 3.57. The molecule has 5 rings (SSSR count). The third kappa shape index (κ3) is 4.04. The molecule has 1 fully saturated rings. The molecular weight excluding hydrogens is 471 g/mol. The number of carbonyl (C=O) groups excluding carboxylic acids is 3. The molecule has 0 atom stereocenters. The number of amides is 1. The number of nitrogens with zero attached hydrogens (tertiary/aromatic N) is 7. The Hall–Kier alpha value is -4.68. The highest BCUT2D eigenvalue weighted by atomic mass is 19.1. The molecule has 0 unspecified atom stereocenters. The number of rotatable bonds is 6. The summed E-state index contributed by atoms with van der Waals surface area (Å²) >= 11 is 0. The molecule has 4 aromatic rings. The van der Waals surface area contributed by atoms with Gasteiger partial charge in [0.15, 0.2) is 11.5 Å². The molecule has 1 amide bonds. The predicted molar refractivity (Wildman–Crippen MR) is 124 cm³/mol. The van der Waals surface area contributed by atoms with Crippen LogP contribution in [0, 0.1) is 5.82 Å². The van der Waals surface area contributed by atoms with Crippen molar-refractivity contribution in [2.75, 3.05) is 37.7 Å². The molecule has 0 radical (unpaired) electrons. The molecular formula is C23H21FN8O4. The molecule has 12 nitrogen and oxygen atoms in total. The van der Waals surface area contributed by atoms with Crippen molar-refractivity contribution in [2.45, 2.75) is 6.92 Å².